The summed E-state index contributed by atoms with van der Waals surface area (Å²) >= 11 is 0. The Hall–Kier alpha value is -3.33. The Bertz CT molecular complexity index is 773. The van der Waals surface area contributed by atoms with Crippen LogP contribution in [0.3, 0.4) is 0 Å². The first-order valence-electron chi connectivity index (χ1n) is 8.45. The molecule has 0 aliphatic carbocycles. The third-order valence-corrected chi connectivity index (χ3v) is 3.53. The summed E-state index contributed by atoms with van der Waals surface area (Å²) in [6.07, 6.45) is -0.942. The first-order chi connectivity index (χ1) is 13.8. The van der Waals surface area contributed by atoms with Crippen molar-refractivity contribution in [3.63, 3.8) is 0 Å². The molecule has 0 aromatic heterocycles. The molecule has 0 bridgehead atoms. The molecule has 0 atom stereocenters. The molecule has 0 unspecified atom stereocenters. The fourth-order valence-electron chi connectivity index (χ4n) is 2.03. The quantitative estimate of drug-likeness (QED) is 0.358. The molecule has 7 nitrogen and oxygen atoms in total. The standard InChI is InChI=1S/C20H18F2O7/c1-13(23)28-12-29-18(10-26-19(24)14-2-6-16(21)7-3-14)11-27-20(25)15-4-8-17(22)9-5-15/h2-9,18H,10-12H2,1H3. The Balaban J connectivity index is 1.91. The number of hydrogen-bond donors (Lipinski definition) is 0. The predicted molar refractivity (Wildman–Crippen MR) is 94.9 cm³/mol. The van der Waals surface area contributed by atoms with Crippen LogP contribution >= 0.6 is 0 Å². The minimum atomic E-state index is -0.942. The first-order valence-corrected chi connectivity index (χ1v) is 8.45. The van der Waals surface area contributed by atoms with Gasteiger partial charge in [-0.3, -0.25) is 4.79 Å². The van der Waals surface area contributed by atoms with E-state index >= 15 is 0 Å². The summed E-state index contributed by atoms with van der Waals surface area (Å²) in [7, 11) is 0. The van der Waals surface area contributed by atoms with Crippen molar-refractivity contribution in [2.75, 3.05) is 20.0 Å². The number of ether oxygens (including phenoxy) is 4. The molecule has 2 aromatic carbocycles. The lowest BCUT2D eigenvalue weighted by molar-refractivity contribution is -0.162. The van der Waals surface area contributed by atoms with Crippen LogP contribution in [-0.4, -0.2) is 44.0 Å². The van der Waals surface area contributed by atoms with Gasteiger partial charge in [0.15, 0.2) is 6.79 Å². The van der Waals surface area contributed by atoms with Gasteiger partial charge in [-0.1, -0.05) is 0 Å². The molecule has 29 heavy (non-hydrogen) atoms. The molecule has 0 N–H and O–H groups in total. The molecule has 0 aliphatic heterocycles. The Morgan fingerprint density at radius 1 is 0.759 bits per heavy atom. The van der Waals surface area contributed by atoms with E-state index in [2.05, 4.69) is 4.74 Å². The van der Waals surface area contributed by atoms with Gasteiger partial charge >= 0.3 is 17.9 Å². The number of benzene rings is 2. The second kappa shape index (κ2) is 10.9. The van der Waals surface area contributed by atoms with Crippen molar-refractivity contribution >= 4 is 17.9 Å². The second-order valence-corrected chi connectivity index (χ2v) is 5.75. The Labute approximate surface area is 165 Å². The zero-order chi connectivity index (χ0) is 21.2. The molecule has 0 aliphatic rings. The average molecular weight is 408 g/mol. The average Bonchev–Trinajstić information content (AvgIpc) is 2.70. The molecule has 9 heteroatoms. The number of hydrogen-bond acceptors (Lipinski definition) is 7. The van der Waals surface area contributed by atoms with Gasteiger partial charge in [-0.05, 0) is 48.5 Å². The van der Waals surface area contributed by atoms with Crippen LogP contribution in [0.2, 0.25) is 0 Å². The van der Waals surface area contributed by atoms with Crippen molar-refractivity contribution in [3.05, 3.63) is 71.3 Å². The molecule has 0 saturated carbocycles. The molecule has 2 aromatic rings. The molecule has 0 heterocycles. The third kappa shape index (κ3) is 7.67. The smallest absolute Gasteiger partial charge is 0.338 e. The zero-order valence-corrected chi connectivity index (χ0v) is 15.4. The van der Waals surface area contributed by atoms with Crippen molar-refractivity contribution in [2.24, 2.45) is 0 Å². The summed E-state index contributed by atoms with van der Waals surface area (Å²) in [6, 6.07) is 9.43. The minimum Gasteiger partial charge on any atom is -0.459 e. The number of carbonyl (C=O) groups excluding carboxylic acids is 3. The number of carbonyl (C=O) groups is 3. The van der Waals surface area contributed by atoms with Gasteiger partial charge in [0.05, 0.1) is 11.1 Å². The molecular formula is C20H18F2O7. The minimum absolute atomic E-state index is 0.119. The van der Waals surface area contributed by atoms with Crippen molar-refractivity contribution in [1.29, 1.82) is 0 Å². The van der Waals surface area contributed by atoms with Crippen LogP contribution in [0, 0.1) is 11.6 Å². The molecule has 0 fully saturated rings. The van der Waals surface area contributed by atoms with Crippen LogP contribution < -0.4 is 0 Å². The van der Waals surface area contributed by atoms with Gasteiger partial charge in [-0.15, -0.1) is 0 Å². The monoisotopic (exact) mass is 408 g/mol. The molecule has 154 valence electrons. The zero-order valence-electron chi connectivity index (χ0n) is 15.4. The highest BCUT2D eigenvalue weighted by Gasteiger charge is 2.18. The Kier molecular flexibility index (Phi) is 8.23. The van der Waals surface area contributed by atoms with Gasteiger partial charge in [0.25, 0.3) is 0 Å². The van der Waals surface area contributed by atoms with E-state index in [1.807, 2.05) is 0 Å². The maximum Gasteiger partial charge on any atom is 0.338 e. The van der Waals surface area contributed by atoms with Crippen molar-refractivity contribution < 1.29 is 42.1 Å². The van der Waals surface area contributed by atoms with E-state index in [0.717, 1.165) is 24.3 Å². The van der Waals surface area contributed by atoms with Crippen molar-refractivity contribution in [2.45, 2.75) is 13.0 Å². The van der Waals surface area contributed by atoms with E-state index < -0.39 is 42.4 Å². The van der Waals surface area contributed by atoms with E-state index in [1.54, 1.807) is 0 Å². The Morgan fingerprint density at radius 3 is 1.55 bits per heavy atom. The van der Waals surface area contributed by atoms with E-state index in [4.69, 9.17) is 14.2 Å². The van der Waals surface area contributed by atoms with Gasteiger partial charge in [-0.25, -0.2) is 18.4 Å². The van der Waals surface area contributed by atoms with Gasteiger partial charge in [0, 0.05) is 6.92 Å². The molecule has 0 radical (unpaired) electrons. The van der Waals surface area contributed by atoms with E-state index in [1.165, 1.54) is 31.2 Å². The SMILES string of the molecule is CC(=O)OCOC(COC(=O)c1ccc(F)cc1)COC(=O)c1ccc(F)cc1. The maximum atomic E-state index is 12.9. The largest absolute Gasteiger partial charge is 0.459 e. The fourth-order valence-corrected chi connectivity index (χ4v) is 2.03. The number of rotatable bonds is 9. The summed E-state index contributed by atoms with van der Waals surface area (Å²) in [5.41, 5.74) is 0.238. The van der Waals surface area contributed by atoms with Crippen LogP contribution in [0.1, 0.15) is 27.6 Å². The van der Waals surface area contributed by atoms with Crippen LogP contribution in [0.15, 0.2) is 48.5 Å². The highest BCUT2D eigenvalue weighted by atomic mass is 19.1. The number of esters is 3. The van der Waals surface area contributed by atoms with E-state index in [9.17, 15) is 23.2 Å². The van der Waals surface area contributed by atoms with Crippen LogP contribution in [0.4, 0.5) is 8.78 Å². The summed E-state index contributed by atoms with van der Waals surface area (Å²) in [6.45, 7) is 0.0893. The summed E-state index contributed by atoms with van der Waals surface area (Å²) in [4.78, 5) is 34.9. The Morgan fingerprint density at radius 2 is 1.17 bits per heavy atom. The molecule has 0 saturated heterocycles. The highest BCUT2D eigenvalue weighted by molar-refractivity contribution is 5.89. The van der Waals surface area contributed by atoms with E-state index in [-0.39, 0.29) is 24.3 Å². The summed E-state index contributed by atoms with van der Waals surface area (Å²) < 4.78 is 45.9. The van der Waals surface area contributed by atoms with Gasteiger partial charge < -0.3 is 18.9 Å². The van der Waals surface area contributed by atoms with Crippen LogP contribution in [0.25, 0.3) is 0 Å². The summed E-state index contributed by atoms with van der Waals surface area (Å²) in [5.74, 6) is -3.07. The maximum absolute atomic E-state index is 12.9. The number of halogens is 2. The van der Waals surface area contributed by atoms with Crippen LogP contribution in [0.5, 0.6) is 0 Å². The van der Waals surface area contributed by atoms with Gasteiger partial charge in [-0.2, -0.15) is 0 Å². The topological polar surface area (TPSA) is 88.1 Å². The lowest BCUT2D eigenvalue weighted by atomic mass is 10.2. The highest BCUT2D eigenvalue weighted by Crippen LogP contribution is 2.08. The molecule has 0 amide bonds. The second-order valence-electron chi connectivity index (χ2n) is 5.75. The molecule has 0 spiro atoms. The predicted octanol–water partition coefficient (Wildman–Crippen LogP) is 2.88. The summed E-state index contributed by atoms with van der Waals surface area (Å²) in [5, 5.41) is 0. The fraction of sp³-hybridized carbons (Fsp3) is 0.250. The third-order valence-electron chi connectivity index (χ3n) is 3.53. The normalized spacial score (nSPS) is 10.5. The van der Waals surface area contributed by atoms with Gasteiger partial charge in [0.2, 0.25) is 0 Å². The lowest BCUT2D eigenvalue weighted by Gasteiger charge is -2.18. The van der Waals surface area contributed by atoms with Crippen molar-refractivity contribution in [1.82, 2.24) is 0 Å². The lowest BCUT2D eigenvalue weighted by Crippen LogP contribution is -2.29. The molecular weight excluding hydrogens is 390 g/mol. The molecule has 2 rings (SSSR count). The van der Waals surface area contributed by atoms with E-state index in [0.29, 0.717) is 0 Å². The first kappa shape index (κ1) is 22.0. The van der Waals surface area contributed by atoms with Crippen molar-refractivity contribution in [3.8, 4) is 0 Å². The van der Waals surface area contributed by atoms with Crippen LogP contribution in [-0.2, 0) is 23.7 Å². The van der Waals surface area contributed by atoms with Gasteiger partial charge in [0.1, 0.15) is 31.0 Å².